The van der Waals surface area contributed by atoms with E-state index in [4.69, 9.17) is 11.6 Å². The fourth-order valence-corrected chi connectivity index (χ4v) is 2.83. The van der Waals surface area contributed by atoms with Crippen LogP contribution in [0.3, 0.4) is 0 Å². The largest absolute Gasteiger partial charge is 0.310 e. The fraction of sp³-hybridized carbons (Fsp3) is 0.357. The lowest BCUT2D eigenvalue weighted by molar-refractivity contribution is 0.549. The number of rotatable bonds is 5. The Balaban J connectivity index is 2.21. The number of likely N-dealkylation sites (N-methyl/N-ethyl adjacent to an activating group) is 1. The number of hydrogen-bond acceptors (Lipinski definition) is 2. The van der Waals surface area contributed by atoms with Crippen molar-refractivity contribution in [3.05, 3.63) is 51.2 Å². The van der Waals surface area contributed by atoms with Crippen LogP contribution in [0.2, 0.25) is 5.02 Å². The zero-order chi connectivity index (χ0) is 13.8. The van der Waals surface area contributed by atoms with E-state index in [-0.39, 0.29) is 6.04 Å². The molecule has 1 aromatic carbocycles. The highest BCUT2D eigenvalue weighted by Gasteiger charge is 2.14. The van der Waals surface area contributed by atoms with Crippen molar-refractivity contribution in [3.8, 4) is 0 Å². The van der Waals surface area contributed by atoms with E-state index in [1.807, 2.05) is 36.3 Å². The Hall–Kier alpha value is -0.840. The first kappa shape index (κ1) is 14.6. The van der Waals surface area contributed by atoms with Gasteiger partial charge in [-0.2, -0.15) is 5.10 Å². The summed E-state index contributed by atoms with van der Waals surface area (Å²) in [7, 11) is 1.93. The van der Waals surface area contributed by atoms with E-state index in [1.54, 1.807) is 0 Å². The van der Waals surface area contributed by atoms with Gasteiger partial charge in [-0.15, -0.1) is 0 Å². The second kappa shape index (κ2) is 6.55. The number of nitrogens with one attached hydrogen (secondary N) is 1. The van der Waals surface area contributed by atoms with E-state index in [1.165, 1.54) is 5.56 Å². The number of halogens is 2. The third-order valence-electron chi connectivity index (χ3n) is 3.02. The van der Waals surface area contributed by atoms with Crippen molar-refractivity contribution in [1.29, 1.82) is 0 Å². The summed E-state index contributed by atoms with van der Waals surface area (Å²) >= 11 is 9.72. The number of aryl methyl sites for hydroxylation is 1. The summed E-state index contributed by atoms with van der Waals surface area (Å²) in [6.45, 7) is 3.01. The van der Waals surface area contributed by atoms with E-state index in [2.05, 4.69) is 39.3 Å². The lowest BCUT2D eigenvalue weighted by atomic mass is 10.0. The molecule has 0 saturated heterocycles. The normalized spacial score (nSPS) is 12.6. The monoisotopic (exact) mass is 341 g/mol. The second-order valence-corrected chi connectivity index (χ2v) is 5.82. The summed E-state index contributed by atoms with van der Waals surface area (Å²) in [6, 6.07) is 6.25. The predicted octanol–water partition coefficient (Wildman–Crippen LogP) is 3.73. The summed E-state index contributed by atoms with van der Waals surface area (Å²) in [6.07, 6.45) is 4.80. The number of aromatic nitrogens is 2. The van der Waals surface area contributed by atoms with Gasteiger partial charge >= 0.3 is 0 Å². The molecule has 3 nitrogen and oxygen atoms in total. The molecule has 1 N–H and O–H groups in total. The highest BCUT2D eigenvalue weighted by atomic mass is 79.9. The highest BCUT2D eigenvalue weighted by Crippen LogP contribution is 2.26. The van der Waals surface area contributed by atoms with Crippen LogP contribution in [0.5, 0.6) is 0 Å². The van der Waals surface area contributed by atoms with Crippen LogP contribution in [0, 0.1) is 0 Å². The minimum atomic E-state index is 0.234. The molecule has 0 aliphatic rings. The van der Waals surface area contributed by atoms with Crippen LogP contribution >= 0.6 is 27.5 Å². The summed E-state index contributed by atoms with van der Waals surface area (Å²) in [5.74, 6) is 0. The first-order valence-electron chi connectivity index (χ1n) is 6.26. The van der Waals surface area contributed by atoms with Gasteiger partial charge in [0.25, 0.3) is 0 Å². The van der Waals surface area contributed by atoms with E-state index < -0.39 is 0 Å². The molecule has 2 aromatic rings. The number of hydrogen-bond donors (Lipinski definition) is 1. The van der Waals surface area contributed by atoms with Crippen LogP contribution in [-0.4, -0.2) is 16.3 Å². The fourth-order valence-electron chi connectivity index (χ4n) is 2.08. The van der Waals surface area contributed by atoms with Gasteiger partial charge in [0, 0.05) is 34.3 Å². The molecule has 0 amide bonds. The minimum absolute atomic E-state index is 0.234. The molecule has 1 unspecified atom stereocenters. The molecule has 1 heterocycles. The SMILES string of the molecule is CCNC(Cc1ccc(Br)cc1Cl)c1cnn(C)c1. The van der Waals surface area contributed by atoms with Gasteiger partial charge in [0.1, 0.15) is 0 Å². The van der Waals surface area contributed by atoms with Gasteiger partial charge in [-0.25, -0.2) is 0 Å². The average Bonchev–Trinajstić information content (AvgIpc) is 2.78. The maximum absolute atomic E-state index is 6.29. The van der Waals surface area contributed by atoms with Crippen molar-refractivity contribution in [1.82, 2.24) is 15.1 Å². The first-order valence-corrected chi connectivity index (χ1v) is 7.43. The second-order valence-electron chi connectivity index (χ2n) is 4.50. The van der Waals surface area contributed by atoms with Gasteiger partial charge < -0.3 is 5.32 Å². The molecule has 0 bridgehead atoms. The van der Waals surface area contributed by atoms with Crippen LogP contribution in [0.4, 0.5) is 0 Å². The maximum atomic E-state index is 6.29. The zero-order valence-electron chi connectivity index (χ0n) is 11.0. The molecular weight excluding hydrogens is 326 g/mol. The molecular formula is C14H17BrClN3. The lowest BCUT2D eigenvalue weighted by Gasteiger charge is -2.17. The molecule has 0 spiro atoms. The van der Waals surface area contributed by atoms with Gasteiger partial charge in [0.15, 0.2) is 0 Å². The average molecular weight is 343 g/mol. The molecule has 1 atom stereocenters. The predicted molar refractivity (Wildman–Crippen MR) is 82.5 cm³/mol. The third kappa shape index (κ3) is 3.81. The molecule has 2 rings (SSSR count). The molecule has 5 heteroatoms. The van der Waals surface area contributed by atoms with Crippen LogP contribution in [0.15, 0.2) is 35.1 Å². The molecule has 19 heavy (non-hydrogen) atoms. The van der Waals surface area contributed by atoms with E-state index in [9.17, 15) is 0 Å². The minimum Gasteiger partial charge on any atom is -0.310 e. The van der Waals surface area contributed by atoms with Crippen molar-refractivity contribution < 1.29 is 0 Å². The Bertz CT molecular complexity index is 553. The Kier molecular flexibility index (Phi) is 5.02. The number of benzene rings is 1. The Labute approximate surface area is 127 Å². The van der Waals surface area contributed by atoms with Crippen molar-refractivity contribution in [3.63, 3.8) is 0 Å². The van der Waals surface area contributed by atoms with Crippen LogP contribution in [0.25, 0.3) is 0 Å². The number of nitrogens with zero attached hydrogens (tertiary/aromatic N) is 2. The van der Waals surface area contributed by atoms with E-state index >= 15 is 0 Å². The molecule has 0 aliphatic heterocycles. The third-order valence-corrected chi connectivity index (χ3v) is 3.86. The Morgan fingerprint density at radius 1 is 1.47 bits per heavy atom. The van der Waals surface area contributed by atoms with Gasteiger partial charge in [-0.1, -0.05) is 40.5 Å². The standard InChI is InChI=1S/C14H17BrClN3/c1-3-17-14(11-8-18-19(2)9-11)6-10-4-5-12(15)7-13(10)16/h4-5,7-9,14,17H,3,6H2,1-2H3. The van der Waals surface area contributed by atoms with Crippen molar-refractivity contribution in [2.24, 2.45) is 7.05 Å². The van der Waals surface area contributed by atoms with Crippen molar-refractivity contribution in [2.45, 2.75) is 19.4 Å². The molecule has 0 fully saturated rings. The van der Waals surface area contributed by atoms with Gasteiger partial charge in [0.05, 0.1) is 6.20 Å². The van der Waals surface area contributed by atoms with Crippen LogP contribution < -0.4 is 5.32 Å². The summed E-state index contributed by atoms with van der Waals surface area (Å²) in [4.78, 5) is 0. The Morgan fingerprint density at radius 3 is 2.84 bits per heavy atom. The molecule has 0 saturated carbocycles. The van der Waals surface area contributed by atoms with Gasteiger partial charge in [-0.05, 0) is 30.7 Å². The van der Waals surface area contributed by atoms with Crippen molar-refractivity contribution in [2.75, 3.05) is 6.54 Å². The van der Waals surface area contributed by atoms with E-state index in [0.717, 1.165) is 28.0 Å². The maximum Gasteiger partial charge on any atom is 0.0537 e. The molecule has 102 valence electrons. The van der Waals surface area contributed by atoms with Crippen LogP contribution in [0.1, 0.15) is 24.1 Å². The lowest BCUT2D eigenvalue weighted by Crippen LogP contribution is -2.22. The first-order chi connectivity index (χ1) is 9.10. The Morgan fingerprint density at radius 2 is 2.26 bits per heavy atom. The van der Waals surface area contributed by atoms with E-state index in [0.29, 0.717) is 0 Å². The van der Waals surface area contributed by atoms with Gasteiger partial charge in [0.2, 0.25) is 0 Å². The van der Waals surface area contributed by atoms with Crippen molar-refractivity contribution >= 4 is 27.5 Å². The molecule has 0 radical (unpaired) electrons. The molecule has 1 aromatic heterocycles. The smallest absolute Gasteiger partial charge is 0.0537 e. The summed E-state index contributed by atoms with van der Waals surface area (Å²) < 4.78 is 2.82. The topological polar surface area (TPSA) is 29.9 Å². The van der Waals surface area contributed by atoms with Gasteiger partial charge in [-0.3, -0.25) is 4.68 Å². The quantitative estimate of drug-likeness (QED) is 0.897. The highest BCUT2D eigenvalue weighted by molar-refractivity contribution is 9.10. The summed E-state index contributed by atoms with van der Waals surface area (Å²) in [5.41, 5.74) is 2.32. The van der Waals surface area contributed by atoms with Crippen LogP contribution in [-0.2, 0) is 13.5 Å². The summed E-state index contributed by atoms with van der Waals surface area (Å²) in [5, 5.41) is 8.51. The molecule has 0 aliphatic carbocycles. The zero-order valence-corrected chi connectivity index (χ0v) is 13.4.